The van der Waals surface area contributed by atoms with E-state index in [1.165, 1.54) is 0 Å². The average Bonchev–Trinajstić information content (AvgIpc) is 2.99. The van der Waals surface area contributed by atoms with Crippen LogP contribution in [0.15, 0.2) is 24.6 Å². The molecule has 6 nitrogen and oxygen atoms in total. The molecule has 1 unspecified atom stereocenters. The van der Waals surface area contributed by atoms with E-state index >= 15 is 0 Å². The van der Waals surface area contributed by atoms with E-state index in [1.54, 1.807) is 0 Å². The zero-order valence-corrected chi connectivity index (χ0v) is 14.6. The van der Waals surface area contributed by atoms with Gasteiger partial charge in [-0.25, -0.2) is 4.98 Å². The molecule has 1 aromatic rings. The molecular weight excluding hydrogens is 292 g/mol. The monoisotopic (exact) mass is 320 g/mol. The van der Waals surface area contributed by atoms with Gasteiger partial charge in [0, 0.05) is 13.0 Å². The molecule has 3 rings (SSSR count). The summed E-state index contributed by atoms with van der Waals surface area (Å²) in [5, 5.41) is 2.79. The van der Waals surface area contributed by atoms with E-state index in [0.29, 0.717) is 31.2 Å². The predicted molar refractivity (Wildman–Crippen MR) is 94.3 cm³/mol. The van der Waals surface area contributed by atoms with Crippen LogP contribution in [0.2, 0.25) is 0 Å². The number of nitrogens with one attached hydrogen (secondary N) is 1. The Hall–Kier alpha value is -2.08. The summed E-state index contributed by atoms with van der Waals surface area (Å²) in [6.07, 6.45) is 1.19. The van der Waals surface area contributed by atoms with Gasteiger partial charge in [-0.05, 0) is 24.6 Å². The Kier molecular flexibility index (Phi) is 7.54. The van der Waals surface area contributed by atoms with E-state index in [-0.39, 0.29) is 12.0 Å². The molecule has 23 heavy (non-hydrogen) atoms. The number of fused-ring (bicyclic) bond motifs is 1. The van der Waals surface area contributed by atoms with Gasteiger partial charge < -0.3 is 15.8 Å². The number of pyridine rings is 1. The normalized spacial score (nSPS) is 18.7. The molecule has 0 aliphatic carbocycles. The lowest BCUT2D eigenvalue weighted by molar-refractivity contribution is -0.116. The number of aryl methyl sites for hydroxylation is 1. The van der Waals surface area contributed by atoms with Crippen LogP contribution in [0.1, 0.15) is 39.7 Å². The summed E-state index contributed by atoms with van der Waals surface area (Å²) >= 11 is 0. The highest BCUT2D eigenvalue weighted by Gasteiger charge is 2.28. The van der Waals surface area contributed by atoms with Crippen molar-refractivity contribution in [2.45, 2.75) is 46.6 Å². The first-order valence-electron chi connectivity index (χ1n) is 8.30. The molecule has 1 saturated heterocycles. The van der Waals surface area contributed by atoms with Crippen molar-refractivity contribution < 1.29 is 9.53 Å². The summed E-state index contributed by atoms with van der Waals surface area (Å²) < 4.78 is 5.52. The third-order valence-corrected chi connectivity index (χ3v) is 3.37. The Bertz CT molecular complexity index is 545. The van der Waals surface area contributed by atoms with Crippen molar-refractivity contribution in [1.82, 2.24) is 4.98 Å². The molecule has 0 spiro atoms. The summed E-state index contributed by atoms with van der Waals surface area (Å²) in [4.78, 5) is 17.7. The van der Waals surface area contributed by atoms with Gasteiger partial charge in [0.1, 0.15) is 17.7 Å². The summed E-state index contributed by atoms with van der Waals surface area (Å²) in [5.74, 6) is 1.91. The van der Waals surface area contributed by atoms with Gasteiger partial charge in [0.2, 0.25) is 5.91 Å². The minimum Gasteiger partial charge on any atom is -0.473 e. The first-order valence-corrected chi connectivity index (χ1v) is 8.30. The van der Waals surface area contributed by atoms with Crippen LogP contribution in [0.3, 0.4) is 0 Å². The van der Waals surface area contributed by atoms with Gasteiger partial charge in [-0.1, -0.05) is 33.8 Å². The Balaban J connectivity index is 0.000000615. The number of nitrogens with two attached hydrogens (primary N) is 1. The molecule has 0 saturated carbocycles. The van der Waals surface area contributed by atoms with Gasteiger partial charge >= 0.3 is 0 Å². The second-order valence-electron chi connectivity index (χ2n) is 4.71. The molecule has 1 atom stereocenters. The van der Waals surface area contributed by atoms with Gasteiger partial charge in [-0.15, -0.1) is 0 Å². The molecule has 1 amide bonds. The van der Waals surface area contributed by atoms with Crippen molar-refractivity contribution in [2.75, 3.05) is 23.3 Å². The van der Waals surface area contributed by atoms with Gasteiger partial charge in [0.05, 0.1) is 6.54 Å². The van der Waals surface area contributed by atoms with E-state index in [9.17, 15) is 4.79 Å². The molecule has 3 N–H and O–H groups in total. The fraction of sp³-hybridized carbons (Fsp3) is 0.529. The molecule has 128 valence electrons. The maximum Gasteiger partial charge on any atom is 0.225 e. The quantitative estimate of drug-likeness (QED) is 0.875. The molecular formula is C17H28N4O2. The van der Waals surface area contributed by atoms with Crippen LogP contribution in [0.25, 0.3) is 0 Å². The van der Waals surface area contributed by atoms with Gasteiger partial charge in [0.15, 0.2) is 5.88 Å². The third-order valence-electron chi connectivity index (χ3n) is 3.37. The summed E-state index contributed by atoms with van der Waals surface area (Å²) in [6, 6.07) is 3.91. The van der Waals surface area contributed by atoms with Crippen molar-refractivity contribution >= 4 is 17.5 Å². The van der Waals surface area contributed by atoms with Crippen LogP contribution in [0.5, 0.6) is 0 Å². The number of nitrogens with zero attached hydrogens (tertiary/aromatic N) is 2. The second-order valence-corrected chi connectivity index (χ2v) is 4.71. The molecule has 2 aliphatic rings. The number of hydrogen-bond acceptors (Lipinski definition) is 5. The zero-order chi connectivity index (χ0) is 17.4. The lowest BCUT2D eigenvalue weighted by Gasteiger charge is -2.20. The number of rotatable bonds is 2. The zero-order valence-electron chi connectivity index (χ0n) is 14.6. The topological polar surface area (TPSA) is 80.5 Å². The summed E-state index contributed by atoms with van der Waals surface area (Å²) in [6.45, 7) is 12.9. The third kappa shape index (κ3) is 4.45. The first-order chi connectivity index (χ1) is 11.2. The Morgan fingerprint density at radius 1 is 1.35 bits per heavy atom. The minimum atomic E-state index is -0.0556. The molecule has 0 aromatic carbocycles. The molecule has 2 aliphatic heterocycles. The van der Waals surface area contributed by atoms with Crippen LogP contribution in [0, 0.1) is 0 Å². The Morgan fingerprint density at radius 2 is 2.04 bits per heavy atom. The maximum absolute atomic E-state index is 11.4. The highest BCUT2D eigenvalue weighted by atomic mass is 16.5. The smallest absolute Gasteiger partial charge is 0.225 e. The SMILES string of the molecule is C=C1OC(CN)CN1c1ccc2c(n1)NC(=O)CC2.CC.CC. The van der Waals surface area contributed by atoms with E-state index in [0.717, 1.165) is 17.8 Å². The molecule has 3 heterocycles. The molecule has 0 bridgehead atoms. The van der Waals surface area contributed by atoms with E-state index in [1.807, 2.05) is 44.7 Å². The van der Waals surface area contributed by atoms with Crippen LogP contribution in [-0.2, 0) is 16.0 Å². The number of aromatic nitrogens is 1. The van der Waals surface area contributed by atoms with Crippen molar-refractivity contribution in [2.24, 2.45) is 5.73 Å². The molecule has 1 aromatic heterocycles. The summed E-state index contributed by atoms with van der Waals surface area (Å²) in [7, 11) is 0. The van der Waals surface area contributed by atoms with Crippen molar-refractivity contribution in [3.63, 3.8) is 0 Å². The lowest BCUT2D eigenvalue weighted by Crippen LogP contribution is -2.27. The summed E-state index contributed by atoms with van der Waals surface area (Å²) in [5.41, 5.74) is 6.65. The maximum atomic E-state index is 11.4. The van der Waals surface area contributed by atoms with Gasteiger partial charge in [0.25, 0.3) is 0 Å². The minimum absolute atomic E-state index is 0.00785. The van der Waals surface area contributed by atoms with Crippen molar-refractivity contribution in [3.8, 4) is 0 Å². The van der Waals surface area contributed by atoms with Crippen LogP contribution >= 0.6 is 0 Å². The molecule has 6 heteroatoms. The van der Waals surface area contributed by atoms with E-state index in [2.05, 4.69) is 16.9 Å². The number of anilines is 2. The number of amides is 1. The number of carbonyl (C=O) groups is 1. The van der Waals surface area contributed by atoms with Crippen molar-refractivity contribution in [1.29, 1.82) is 0 Å². The average molecular weight is 320 g/mol. The highest BCUT2D eigenvalue weighted by molar-refractivity contribution is 5.93. The fourth-order valence-corrected chi connectivity index (χ4v) is 2.32. The first kappa shape index (κ1) is 19.0. The Labute approximate surface area is 138 Å². The van der Waals surface area contributed by atoms with Gasteiger partial charge in [-0.3, -0.25) is 9.69 Å². The van der Waals surface area contributed by atoms with Crippen LogP contribution in [0.4, 0.5) is 11.6 Å². The molecule has 0 radical (unpaired) electrons. The van der Waals surface area contributed by atoms with E-state index < -0.39 is 0 Å². The largest absolute Gasteiger partial charge is 0.473 e. The fourth-order valence-electron chi connectivity index (χ4n) is 2.32. The highest BCUT2D eigenvalue weighted by Crippen LogP contribution is 2.28. The molecule has 1 fully saturated rings. The van der Waals surface area contributed by atoms with Gasteiger partial charge in [-0.2, -0.15) is 0 Å². The van der Waals surface area contributed by atoms with Crippen molar-refractivity contribution in [3.05, 3.63) is 30.2 Å². The van der Waals surface area contributed by atoms with E-state index in [4.69, 9.17) is 10.5 Å². The predicted octanol–water partition coefficient (Wildman–Crippen LogP) is 2.65. The number of hydrogen-bond donors (Lipinski definition) is 2. The number of carbonyl (C=O) groups excluding carboxylic acids is 1. The Morgan fingerprint density at radius 3 is 2.65 bits per heavy atom. The standard InChI is InChI=1S/C13H16N4O2.2C2H6/c1-8-17(7-10(6-14)19-8)11-4-2-9-3-5-12(18)16-13(9)15-11;2*1-2/h2,4,10H,1,3,5-7,14H2,(H,15,16,18);2*1-2H3. The van der Waals surface area contributed by atoms with Crippen LogP contribution < -0.4 is 16.0 Å². The second kappa shape index (κ2) is 9.15. The lowest BCUT2D eigenvalue weighted by atomic mass is 10.1. The van der Waals surface area contributed by atoms with Crippen LogP contribution in [-0.4, -0.2) is 30.1 Å². The number of ether oxygens (including phenoxy) is 1.